The molecule has 4 N–H and O–H groups in total. The monoisotopic (exact) mass is 255 g/mol. The molecule has 0 fully saturated rings. The fourth-order valence-corrected chi connectivity index (χ4v) is 2.76. The number of thioether (sulfide) groups is 1. The van der Waals surface area contributed by atoms with Gasteiger partial charge in [0.15, 0.2) is 0 Å². The van der Waals surface area contributed by atoms with Crippen molar-refractivity contribution < 1.29 is 10.2 Å². The molecule has 1 aromatic rings. The van der Waals surface area contributed by atoms with E-state index in [1.807, 2.05) is 13.8 Å². The zero-order valence-corrected chi connectivity index (χ0v) is 11.2. The number of aliphatic hydroxyl groups is 2. The van der Waals surface area contributed by atoms with E-state index < -0.39 is 6.10 Å². The fraction of sp³-hybridized carbons (Fsp3) is 0.538. The van der Waals surface area contributed by atoms with E-state index in [4.69, 9.17) is 10.8 Å². The molecule has 3 nitrogen and oxygen atoms in total. The molecule has 0 amide bonds. The van der Waals surface area contributed by atoms with E-state index in [1.54, 1.807) is 11.8 Å². The van der Waals surface area contributed by atoms with Crippen LogP contribution in [0.1, 0.15) is 23.3 Å². The predicted octanol–water partition coefficient (Wildman–Crippen LogP) is 1.47. The average molecular weight is 255 g/mol. The molecule has 3 atom stereocenters. The third kappa shape index (κ3) is 4.68. The lowest BCUT2D eigenvalue weighted by Crippen LogP contribution is -2.25. The average Bonchev–Trinajstić information content (AvgIpc) is 2.31. The van der Waals surface area contributed by atoms with Gasteiger partial charge in [0.2, 0.25) is 0 Å². The molecule has 1 rings (SSSR count). The zero-order chi connectivity index (χ0) is 12.8. The van der Waals surface area contributed by atoms with Crippen LogP contribution in [-0.2, 0) is 0 Å². The van der Waals surface area contributed by atoms with Gasteiger partial charge in [-0.3, -0.25) is 0 Å². The second kappa shape index (κ2) is 7.01. The second-order valence-electron chi connectivity index (χ2n) is 4.36. The highest BCUT2D eigenvalue weighted by atomic mass is 32.2. The summed E-state index contributed by atoms with van der Waals surface area (Å²) in [5.74, 6) is 0.497. The molecule has 0 aliphatic carbocycles. The standard InChI is InChI=1S/C13H21NO2S/c1-9-3-5-11(6-4-9)13(10(2)14)17-8-12(16)7-15/h3-6,10,12-13,15-16H,7-8,14H2,1-2H3. The molecular formula is C13H21NO2S. The summed E-state index contributed by atoms with van der Waals surface area (Å²) in [7, 11) is 0. The van der Waals surface area contributed by atoms with Crippen LogP contribution in [0.4, 0.5) is 0 Å². The Morgan fingerprint density at radius 2 is 1.88 bits per heavy atom. The van der Waals surface area contributed by atoms with Crippen LogP contribution in [-0.4, -0.2) is 34.7 Å². The zero-order valence-electron chi connectivity index (χ0n) is 10.3. The molecule has 4 heteroatoms. The topological polar surface area (TPSA) is 66.5 Å². The Labute approximate surface area is 107 Å². The van der Waals surface area contributed by atoms with Crippen molar-refractivity contribution >= 4 is 11.8 Å². The van der Waals surface area contributed by atoms with Gasteiger partial charge in [-0.1, -0.05) is 29.8 Å². The summed E-state index contributed by atoms with van der Waals surface area (Å²) in [6, 6.07) is 8.28. The van der Waals surface area contributed by atoms with Gasteiger partial charge in [-0.05, 0) is 19.4 Å². The van der Waals surface area contributed by atoms with Gasteiger partial charge < -0.3 is 15.9 Å². The summed E-state index contributed by atoms with van der Waals surface area (Å²) in [5, 5.41) is 18.3. The molecule has 0 aliphatic heterocycles. The van der Waals surface area contributed by atoms with Crippen LogP contribution in [0.25, 0.3) is 0 Å². The Balaban J connectivity index is 2.69. The normalized spacial score (nSPS) is 16.5. The van der Waals surface area contributed by atoms with Crippen LogP contribution < -0.4 is 5.73 Å². The first kappa shape index (κ1) is 14.5. The molecule has 0 spiro atoms. The van der Waals surface area contributed by atoms with Crippen molar-refractivity contribution in [2.45, 2.75) is 31.2 Å². The van der Waals surface area contributed by atoms with Gasteiger partial charge in [0.05, 0.1) is 12.7 Å². The van der Waals surface area contributed by atoms with Gasteiger partial charge in [0.1, 0.15) is 0 Å². The maximum absolute atomic E-state index is 9.37. The van der Waals surface area contributed by atoms with Crippen LogP contribution in [0, 0.1) is 6.92 Å². The number of hydrogen-bond acceptors (Lipinski definition) is 4. The lowest BCUT2D eigenvalue weighted by Gasteiger charge is -2.22. The first-order chi connectivity index (χ1) is 8.04. The van der Waals surface area contributed by atoms with Crippen LogP contribution in [0.2, 0.25) is 0 Å². The van der Waals surface area contributed by atoms with Crippen LogP contribution >= 0.6 is 11.8 Å². The van der Waals surface area contributed by atoms with Crippen molar-refractivity contribution in [1.82, 2.24) is 0 Å². The number of aryl methyl sites for hydroxylation is 1. The minimum atomic E-state index is -0.674. The summed E-state index contributed by atoms with van der Waals surface area (Å²) in [4.78, 5) is 0. The van der Waals surface area contributed by atoms with Crippen LogP contribution in [0.15, 0.2) is 24.3 Å². The number of aliphatic hydroxyl groups excluding tert-OH is 2. The molecule has 96 valence electrons. The Morgan fingerprint density at radius 3 is 2.35 bits per heavy atom. The molecule has 1 aromatic carbocycles. The fourth-order valence-electron chi connectivity index (χ4n) is 1.58. The molecule has 0 saturated carbocycles. The van der Waals surface area contributed by atoms with Gasteiger partial charge in [-0.2, -0.15) is 0 Å². The Morgan fingerprint density at radius 1 is 1.29 bits per heavy atom. The quantitative estimate of drug-likeness (QED) is 0.720. The molecule has 0 heterocycles. The Bertz CT molecular complexity index is 327. The highest BCUT2D eigenvalue weighted by Gasteiger charge is 2.18. The van der Waals surface area contributed by atoms with Crippen molar-refractivity contribution in [1.29, 1.82) is 0 Å². The number of hydrogen-bond donors (Lipinski definition) is 3. The van der Waals surface area contributed by atoms with Gasteiger partial charge in [0, 0.05) is 17.0 Å². The first-order valence-corrected chi connectivity index (χ1v) is 6.82. The van der Waals surface area contributed by atoms with Crippen LogP contribution in [0.5, 0.6) is 0 Å². The second-order valence-corrected chi connectivity index (χ2v) is 5.53. The molecule has 0 bridgehead atoms. The molecule has 0 aromatic heterocycles. The van der Waals surface area contributed by atoms with Crippen molar-refractivity contribution in [2.24, 2.45) is 5.73 Å². The largest absolute Gasteiger partial charge is 0.394 e. The Kier molecular flexibility index (Phi) is 5.98. The Hall–Kier alpha value is -0.550. The smallest absolute Gasteiger partial charge is 0.0861 e. The van der Waals surface area contributed by atoms with E-state index in [2.05, 4.69) is 24.3 Å². The minimum Gasteiger partial charge on any atom is -0.394 e. The third-order valence-electron chi connectivity index (χ3n) is 2.56. The SMILES string of the molecule is Cc1ccc(C(SCC(O)CO)C(C)N)cc1. The summed E-state index contributed by atoms with van der Waals surface area (Å²) in [6.45, 7) is 3.81. The molecule has 0 saturated heterocycles. The van der Waals surface area contributed by atoms with E-state index in [0.29, 0.717) is 5.75 Å². The summed E-state index contributed by atoms with van der Waals surface area (Å²) in [6.07, 6.45) is -0.674. The number of rotatable bonds is 6. The molecule has 3 unspecified atom stereocenters. The lowest BCUT2D eigenvalue weighted by atomic mass is 10.1. The number of benzene rings is 1. The van der Waals surface area contributed by atoms with Gasteiger partial charge in [-0.15, -0.1) is 11.8 Å². The van der Waals surface area contributed by atoms with Gasteiger partial charge >= 0.3 is 0 Å². The molecule has 17 heavy (non-hydrogen) atoms. The minimum absolute atomic E-state index is 0.00796. The van der Waals surface area contributed by atoms with Gasteiger partial charge in [0.25, 0.3) is 0 Å². The summed E-state index contributed by atoms with van der Waals surface area (Å²) in [5.41, 5.74) is 8.36. The van der Waals surface area contributed by atoms with Crippen molar-refractivity contribution in [3.05, 3.63) is 35.4 Å². The summed E-state index contributed by atoms with van der Waals surface area (Å²) >= 11 is 1.59. The lowest BCUT2D eigenvalue weighted by molar-refractivity contribution is 0.113. The van der Waals surface area contributed by atoms with Crippen molar-refractivity contribution in [2.75, 3.05) is 12.4 Å². The van der Waals surface area contributed by atoms with Crippen molar-refractivity contribution in [3.63, 3.8) is 0 Å². The van der Waals surface area contributed by atoms with Gasteiger partial charge in [-0.25, -0.2) is 0 Å². The van der Waals surface area contributed by atoms with Crippen LogP contribution in [0.3, 0.4) is 0 Å². The predicted molar refractivity (Wildman–Crippen MR) is 73.1 cm³/mol. The highest BCUT2D eigenvalue weighted by molar-refractivity contribution is 7.99. The molecule has 0 aliphatic rings. The third-order valence-corrected chi connectivity index (χ3v) is 4.20. The summed E-state index contributed by atoms with van der Waals surface area (Å²) < 4.78 is 0. The van der Waals surface area contributed by atoms with E-state index in [9.17, 15) is 5.11 Å². The van der Waals surface area contributed by atoms with E-state index >= 15 is 0 Å². The molecule has 0 radical (unpaired) electrons. The first-order valence-electron chi connectivity index (χ1n) is 5.77. The maximum Gasteiger partial charge on any atom is 0.0861 e. The van der Waals surface area contributed by atoms with E-state index in [-0.39, 0.29) is 17.9 Å². The maximum atomic E-state index is 9.37. The van der Waals surface area contributed by atoms with E-state index in [0.717, 1.165) is 0 Å². The highest BCUT2D eigenvalue weighted by Crippen LogP contribution is 2.31. The van der Waals surface area contributed by atoms with Crippen molar-refractivity contribution in [3.8, 4) is 0 Å². The molecular weight excluding hydrogens is 234 g/mol. The number of nitrogens with two attached hydrogens (primary N) is 1. The van der Waals surface area contributed by atoms with E-state index in [1.165, 1.54) is 11.1 Å².